The molecule has 2 aromatic carbocycles. The molecule has 132 valence electrons. The van der Waals surface area contributed by atoms with Crippen LogP contribution in [0, 0.1) is 0 Å². The van der Waals surface area contributed by atoms with Crippen molar-refractivity contribution in [2.45, 2.75) is 6.42 Å². The van der Waals surface area contributed by atoms with Gasteiger partial charge in [0, 0.05) is 36.9 Å². The molecule has 0 saturated heterocycles. The molecule has 4 aromatic rings. The van der Waals surface area contributed by atoms with Crippen molar-refractivity contribution in [3.8, 4) is 11.1 Å². The maximum Gasteiger partial charge on any atom is 0.251 e. The van der Waals surface area contributed by atoms with E-state index in [-0.39, 0.29) is 5.91 Å². The highest BCUT2D eigenvalue weighted by Crippen LogP contribution is 2.28. The first-order chi connectivity index (χ1) is 13.3. The van der Waals surface area contributed by atoms with Gasteiger partial charge in [0.15, 0.2) is 0 Å². The first-order valence-electron chi connectivity index (χ1n) is 8.91. The normalized spacial score (nSPS) is 10.7. The van der Waals surface area contributed by atoms with E-state index in [0.717, 1.165) is 33.9 Å². The molecular weight excluding hydrogens is 334 g/mol. The van der Waals surface area contributed by atoms with E-state index in [1.807, 2.05) is 54.6 Å². The molecule has 0 aliphatic rings. The van der Waals surface area contributed by atoms with E-state index in [0.29, 0.717) is 12.1 Å². The molecule has 2 aromatic heterocycles. The molecule has 0 aliphatic heterocycles. The molecule has 0 atom stereocenters. The molecule has 27 heavy (non-hydrogen) atoms. The minimum atomic E-state index is -0.0553. The lowest BCUT2D eigenvalue weighted by Gasteiger charge is -2.09. The van der Waals surface area contributed by atoms with Crippen LogP contribution in [0.3, 0.4) is 0 Å². The summed E-state index contributed by atoms with van der Waals surface area (Å²) in [6.07, 6.45) is 7.90. The zero-order valence-corrected chi connectivity index (χ0v) is 14.8. The van der Waals surface area contributed by atoms with E-state index < -0.39 is 0 Å². The summed E-state index contributed by atoms with van der Waals surface area (Å²) in [5.41, 5.74) is 4.08. The van der Waals surface area contributed by atoms with Gasteiger partial charge in [-0.25, -0.2) is 0 Å². The van der Waals surface area contributed by atoms with Gasteiger partial charge >= 0.3 is 0 Å². The first kappa shape index (κ1) is 16.9. The quantitative estimate of drug-likeness (QED) is 0.583. The van der Waals surface area contributed by atoms with Crippen LogP contribution in [-0.2, 0) is 6.42 Å². The topological polar surface area (TPSA) is 54.9 Å². The van der Waals surface area contributed by atoms with Gasteiger partial charge in [-0.1, -0.05) is 24.3 Å². The fourth-order valence-electron chi connectivity index (χ4n) is 3.18. The van der Waals surface area contributed by atoms with E-state index in [4.69, 9.17) is 0 Å². The summed E-state index contributed by atoms with van der Waals surface area (Å²) in [6.45, 7) is 0.595. The van der Waals surface area contributed by atoms with Gasteiger partial charge < -0.3 is 5.32 Å². The van der Waals surface area contributed by atoms with Crippen molar-refractivity contribution >= 4 is 16.7 Å². The molecule has 0 unspecified atom stereocenters. The highest BCUT2D eigenvalue weighted by molar-refractivity contribution is 6.02. The summed E-state index contributed by atoms with van der Waals surface area (Å²) in [4.78, 5) is 20.6. The number of nitrogens with zero attached hydrogens (tertiary/aromatic N) is 2. The van der Waals surface area contributed by atoms with Gasteiger partial charge in [-0.05, 0) is 70.3 Å². The van der Waals surface area contributed by atoms with Crippen LogP contribution in [0.1, 0.15) is 15.9 Å². The van der Waals surface area contributed by atoms with Crippen LogP contribution < -0.4 is 5.32 Å². The molecule has 0 aliphatic carbocycles. The Bertz CT molecular complexity index is 1060. The Morgan fingerprint density at radius 3 is 2.37 bits per heavy atom. The lowest BCUT2D eigenvalue weighted by molar-refractivity contribution is 0.0954. The zero-order chi connectivity index (χ0) is 18.5. The molecule has 1 N–H and O–H groups in total. The third-order valence-corrected chi connectivity index (χ3v) is 4.58. The van der Waals surface area contributed by atoms with Crippen LogP contribution in [0.4, 0.5) is 0 Å². The summed E-state index contributed by atoms with van der Waals surface area (Å²) < 4.78 is 0. The van der Waals surface area contributed by atoms with Gasteiger partial charge in [-0.3, -0.25) is 14.8 Å². The average molecular weight is 353 g/mol. The van der Waals surface area contributed by atoms with Crippen molar-refractivity contribution in [1.29, 1.82) is 0 Å². The molecule has 0 fully saturated rings. The Labute approximate surface area is 157 Å². The van der Waals surface area contributed by atoms with Gasteiger partial charge in [-0.2, -0.15) is 0 Å². The largest absolute Gasteiger partial charge is 0.352 e. The van der Waals surface area contributed by atoms with Gasteiger partial charge in [0.25, 0.3) is 5.91 Å². The van der Waals surface area contributed by atoms with E-state index in [1.165, 1.54) is 0 Å². The van der Waals surface area contributed by atoms with Gasteiger partial charge in [0.05, 0.1) is 0 Å². The predicted octanol–water partition coefficient (Wildman–Crippen LogP) is 4.27. The second-order valence-corrected chi connectivity index (χ2v) is 6.34. The molecule has 0 spiro atoms. The highest BCUT2D eigenvalue weighted by atomic mass is 16.1. The summed E-state index contributed by atoms with van der Waals surface area (Å²) in [5, 5.41) is 5.16. The van der Waals surface area contributed by atoms with Gasteiger partial charge in [-0.15, -0.1) is 0 Å². The Morgan fingerprint density at radius 1 is 0.852 bits per heavy atom. The number of hydrogen-bond donors (Lipinski definition) is 1. The number of aromatic nitrogens is 2. The van der Waals surface area contributed by atoms with Crippen molar-refractivity contribution in [3.63, 3.8) is 0 Å². The number of nitrogens with one attached hydrogen (secondary N) is 1. The van der Waals surface area contributed by atoms with Crippen LogP contribution in [0.5, 0.6) is 0 Å². The number of carbonyl (C=O) groups is 1. The third-order valence-electron chi connectivity index (χ3n) is 4.58. The van der Waals surface area contributed by atoms with Crippen LogP contribution in [-0.4, -0.2) is 22.4 Å². The number of benzene rings is 2. The molecule has 2 heterocycles. The van der Waals surface area contributed by atoms with E-state index in [9.17, 15) is 4.79 Å². The molecule has 4 rings (SSSR count). The fraction of sp³-hybridized carbons (Fsp3) is 0.0870. The maximum absolute atomic E-state index is 12.5. The number of hydrogen-bond acceptors (Lipinski definition) is 3. The highest BCUT2D eigenvalue weighted by Gasteiger charge is 2.09. The summed E-state index contributed by atoms with van der Waals surface area (Å²) in [6, 6.07) is 19.9. The Kier molecular flexibility index (Phi) is 4.88. The van der Waals surface area contributed by atoms with Crippen LogP contribution >= 0.6 is 0 Å². The second kappa shape index (κ2) is 7.79. The number of fused-ring (bicyclic) bond motifs is 1. The molecule has 1 amide bonds. The molecule has 4 nitrogen and oxygen atoms in total. The number of rotatable bonds is 5. The molecule has 0 saturated carbocycles. The third kappa shape index (κ3) is 3.85. The van der Waals surface area contributed by atoms with E-state index in [2.05, 4.69) is 21.4 Å². The standard InChI is InChI=1S/C23H19N3O/c27-23(26-15-8-17-6-11-24-12-7-17)20-4-5-22-19(16-20)2-1-3-21(22)18-9-13-25-14-10-18/h1-7,9-14,16H,8,15H2,(H,26,27). The molecular formula is C23H19N3O. The minimum Gasteiger partial charge on any atom is -0.352 e. The maximum atomic E-state index is 12.5. The van der Waals surface area contributed by atoms with Gasteiger partial charge in [0.2, 0.25) is 0 Å². The smallest absolute Gasteiger partial charge is 0.251 e. The SMILES string of the molecule is O=C(NCCc1ccncc1)c1ccc2c(-c3ccncc3)cccc2c1. The second-order valence-electron chi connectivity index (χ2n) is 6.34. The molecule has 4 heteroatoms. The molecule has 0 radical (unpaired) electrons. The van der Waals surface area contributed by atoms with E-state index in [1.54, 1.807) is 24.8 Å². The van der Waals surface area contributed by atoms with Crippen molar-refractivity contribution in [3.05, 3.63) is 96.6 Å². The van der Waals surface area contributed by atoms with Crippen LogP contribution in [0.15, 0.2) is 85.5 Å². The number of pyridine rings is 2. The Morgan fingerprint density at radius 2 is 1.59 bits per heavy atom. The van der Waals surface area contributed by atoms with Crippen LogP contribution in [0.2, 0.25) is 0 Å². The lowest BCUT2D eigenvalue weighted by Crippen LogP contribution is -2.25. The lowest BCUT2D eigenvalue weighted by atomic mass is 9.97. The van der Waals surface area contributed by atoms with E-state index >= 15 is 0 Å². The Balaban J connectivity index is 1.52. The first-order valence-corrected chi connectivity index (χ1v) is 8.91. The minimum absolute atomic E-state index is 0.0553. The number of amides is 1. The summed E-state index contributed by atoms with van der Waals surface area (Å²) in [7, 11) is 0. The van der Waals surface area contributed by atoms with Gasteiger partial charge in [0.1, 0.15) is 0 Å². The monoisotopic (exact) mass is 353 g/mol. The molecule has 0 bridgehead atoms. The summed E-state index contributed by atoms with van der Waals surface area (Å²) in [5.74, 6) is -0.0553. The number of carbonyl (C=O) groups excluding carboxylic acids is 1. The average Bonchev–Trinajstić information content (AvgIpc) is 2.74. The predicted molar refractivity (Wildman–Crippen MR) is 107 cm³/mol. The fourth-order valence-corrected chi connectivity index (χ4v) is 3.18. The van der Waals surface area contributed by atoms with Crippen molar-refractivity contribution in [1.82, 2.24) is 15.3 Å². The van der Waals surface area contributed by atoms with Crippen molar-refractivity contribution in [2.75, 3.05) is 6.54 Å². The Hall–Kier alpha value is -3.53. The summed E-state index contributed by atoms with van der Waals surface area (Å²) >= 11 is 0. The van der Waals surface area contributed by atoms with Crippen LogP contribution in [0.25, 0.3) is 21.9 Å². The van der Waals surface area contributed by atoms with Crippen molar-refractivity contribution in [2.24, 2.45) is 0 Å². The zero-order valence-electron chi connectivity index (χ0n) is 14.8. The van der Waals surface area contributed by atoms with Crippen molar-refractivity contribution < 1.29 is 4.79 Å².